The van der Waals surface area contributed by atoms with Gasteiger partial charge in [-0.25, -0.2) is 9.48 Å². The van der Waals surface area contributed by atoms with Crippen LogP contribution in [0, 0.1) is 12.8 Å². The van der Waals surface area contributed by atoms with E-state index in [0.29, 0.717) is 18.3 Å². The topological polar surface area (TPSA) is 77.3 Å². The predicted molar refractivity (Wildman–Crippen MR) is 75.7 cm³/mol. The molecular weight excluding hydrogens is 272 g/mol. The predicted octanol–water partition coefficient (Wildman–Crippen LogP) is 1.02. The molecule has 2 rings (SSSR count). The molecule has 7 nitrogen and oxygen atoms in total. The summed E-state index contributed by atoms with van der Waals surface area (Å²) in [7, 11) is 1.80. The summed E-state index contributed by atoms with van der Waals surface area (Å²) >= 11 is 0. The molecule has 1 amide bonds. The summed E-state index contributed by atoms with van der Waals surface area (Å²) in [4.78, 5) is 25.7. The van der Waals surface area contributed by atoms with Crippen molar-refractivity contribution < 1.29 is 14.3 Å². The molecule has 1 fully saturated rings. The van der Waals surface area contributed by atoms with E-state index in [0.717, 1.165) is 12.8 Å². The van der Waals surface area contributed by atoms with E-state index in [1.165, 1.54) is 4.68 Å². The summed E-state index contributed by atoms with van der Waals surface area (Å²) in [5.74, 6) is -0.249. The van der Waals surface area contributed by atoms with Crippen molar-refractivity contribution >= 4 is 11.9 Å². The van der Waals surface area contributed by atoms with Gasteiger partial charge in [0.05, 0.1) is 12.3 Å². The highest BCUT2D eigenvalue weighted by atomic mass is 16.5. The maximum absolute atomic E-state index is 12.1. The lowest BCUT2D eigenvalue weighted by Crippen LogP contribution is -2.32. The molecule has 0 radical (unpaired) electrons. The zero-order valence-corrected chi connectivity index (χ0v) is 13.0. The molecule has 0 spiro atoms. The largest absolute Gasteiger partial charge is 0.461 e. The molecule has 0 aliphatic heterocycles. The second kappa shape index (κ2) is 6.24. The number of carbonyl (C=O) groups excluding carboxylic acids is 2. The quantitative estimate of drug-likeness (QED) is 0.732. The average Bonchev–Trinajstić information content (AvgIpc) is 3.21. The number of nitrogens with zero attached hydrogens (tertiary/aromatic N) is 4. The first-order valence-electron chi connectivity index (χ1n) is 7.23. The SMILES string of the molecule is Cc1c(C(=O)OCC(C)C)nnn1CC(=O)N(C)C1CC1. The molecule has 0 unspecified atom stereocenters. The summed E-state index contributed by atoms with van der Waals surface area (Å²) in [5.41, 5.74) is 0.735. The number of ether oxygens (including phenoxy) is 1. The fraction of sp³-hybridized carbons (Fsp3) is 0.714. The van der Waals surface area contributed by atoms with E-state index in [2.05, 4.69) is 10.3 Å². The van der Waals surface area contributed by atoms with Gasteiger partial charge >= 0.3 is 5.97 Å². The Morgan fingerprint density at radius 2 is 2.10 bits per heavy atom. The third-order valence-electron chi connectivity index (χ3n) is 3.50. The van der Waals surface area contributed by atoms with Crippen LogP contribution < -0.4 is 0 Å². The summed E-state index contributed by atoms with van der Waals surface area (Å²) in [5, 5.41) is 7.72. The maximum atomic E-state index is 12.1. The highest BCUT2D eigenvalue weighted by Gasteiger charge is 2.30. The molecule has 1 aromatic rings. The number of amides is 1. The number of hydrogen-bond acceptors (Lipinski definition) is 5. The van der Waals surface area contributed by atoms with Gasteiger partial charge in [-0.2, -0.15) is 0 Å². The van der Waals surface area contributed by atoms with Gasteiger partial charge in [0.2, 0.25) is 5.91 Å². The zero-order valence-electron chi connectivity index (χ0n) is 13.0. The van der Waals surface area contributed by atoms with Crippen LogP contribution >= 0.6 is 0 Å². The van der Waals surface area contributed by atoms with Gasteiger partial charge in [0.15, 0.2) is 5.69 Å². The van der Waals surface area contributed by atoms with Crippen LogP contribution in [0.15, 0.2) is 0 Å². The van der Waals surface area contributed by atoms with Crippen molar-refractivity contribution in [1.82, 2.24) is 19.9 Å². The van der Waals surface area contributed by atoms with Crippen molar-refractivity contribution in [3.05, 3.63) is 11.4 Å². The second-order valence-corrected chi connectivity index (χ2v) is 5.91. The van der Waals surface area contributed by atoms with Gasteiger partial charge in [0.25, 0.3) is 0 Å². The molecular formula is C14H22N4O3. The number of likely N-dealkylation sites (N-methyl/N-ethyl adjacent to an activating group) is 1. The van der Waals surface area contributed by atoms with E-state index in [9.17, 15) is 9.59 Å². The number of aromatic nitrogens is 3. The van der Waals surface area contributed by atoms with Crippen LogP contribution in [-0.2, 0) is 16.1 Å². The summed E-state index contributed by atoms with van der Waals surface area (Å²) in [6.45, 7) is 6.08. The van der Waals surface area contributed by atoms with Crippen LogP contribution in [0.25, 0.3) is 0 Å². The molecule has 21 heavy (non-hydrogen) atoms. The van der Waals surface area contributed by atoms with Gasteiger partial charge in [0, 0.05) is 13.1 Å². The Bertz CT molecular complexity index is 534. The zero-order chi connectivity index (χ0) is 15.6. The van der Waals surface area contributed by atoms with Crippen molar-refractivity contribution in [2.24, 2.45) is 5.92 Å². The van der Waals surface area contributed by atoms with Crippen LogP contribution in [0.4, 0.5) is 0 Å². The Morgan fingerprint density at radius 3 is 2.67 bits per heavy atom. The highest BCUT2D eigenvalue weighted by molar-refractivity contribution is 5.88. The molecule has 1 aromatic heterocycles. The van der Waals surface area contributed by atoms with Crippen molar-refractivity contribution in [1.29, 1.82) is 0 Å². The molecule has 1 aliphatic rings. The average molecular weight is 294 g/mol. The Labute approximate surface area is 124 Å². The summed E-state index contributed by atoms with van der Waals surface area (Å²) in [6, 6.07) is 0.358. The third kappa shape index (κ3) is 3.80. The number of carbonyl (C=O) groups is 2. The first kappa shape index (κ1) is 15.5. The molecule has 0 aromatic carbocycles. The lowest BCUT2D eigenvalue weighted by molar-refractivity contribution is -0.131. The summed E-state index contributed by atoms with van der Waals surface area (Å²) in [6.07, 6.45) is 2.12. The van der Waals surface area contributed by atoms with E-state index in [4.69, 9.17) is 4.74 Å². The smallest absolute Gasteiger partial charge is 0.360 e. The molecule has 0 N–H and O–H groups in total. The summed E-state index contributed by atoms with van der Waals surface area (Å²) < 4.78 is 6.59. The van der Waals surface area contributed by atoms with E-state index >= 15 is 0 Å². The lowest BCUT2D eigenvalue weighted by Gasteiger charge is -2.16. The maximum Gasteiger partial charge on any atom is 0.360 e. The van der Waals surface area contributed by atoms with E-state index in [1.807, 2.05) is 13.8 Å². The molecule has 1 aliphatic carbocycles. The molecule has 0 saturated heterocycles. The third-order valence-corrected chi connectivity index (χ3v) is 3.50. The highest BCUT2D eigenvalue weighted by Crippen LogP contribution is 2.25. The van der Waals surface area contributed by atoms with Crippen LogP contribution in [-0.4, -0.2) is 51.5 Å². The van der Waals surface area contributed by atoms with Gasteiger partial charge in [-0.05, 0) is 25.7 Å². The van der Waals surface area contributed by atoms with Crippen molar-refractivity contribution in [3.63, 3.8) is 0 Å². The van der Waals surface area contributed by atoms with Crippen LogP contribution in [0.1, 0.15) is 42.9 Å². The fourth-order valence-electron chi connectivity index (χ4n) is 1.91. The Hall–Kier alpha value is -1.92. The molecule has 1 heterocycles. The number of esters is 1. The molecule has 116 valence electrons. The minimum Gasteiger partial charge on any atom is -0.461 e. The van der Waals surface area contributed by atoms with Gasteiger partial charge in [-0.1, -0.05) is 19.1 Å². The van der Waals surface area contributed by atoms with E-state index in [1.54, 1.807) is 18.9 Å². The Balaban J connectivity index is 1.99. The van der Waals surface area contributed by atoms with Crippen molar-refractivity contribution in [2.75, 3.05) is 13.7 Å². The van der Waals surface area contributed by atoms with Gasteiger partial charge in [-0.15, -0.1) is 5.10 Å². The number of rotatable bonds is 6. The van der Waals surface area contributed by atoms with Gasteiger partial charge < -0.3 is 9.64 Å². The standard InChI is InChI=1S/C14H22N4O3/c1-9(2)8-21-14(20)13-10(3)18(16-15-13)7-12(19)17(4)11-5-6-11/h9,11H,5-8H2,1-4H3. The molecule has 1 saturated carbocycles. The van der Waals surface area contributed by atoms with Crippen LogP contribution in [0.3, 0.4) is 0 Å². The van der Waals surface area contributed by atoms with Crippen LogP contribution in [0.5, 0.6) is 0 Å². The first-order valence-corrected chi connectivity index (χ1v) is 7.23. The monoisotopic (exact) mass is 294 g/mol. The molecule has 0 bridgehead atoms. The lowest BCUT2D eigenvalue weighted by atomic mass is 10.2. The minimum atomic E-state index is -0.490. The van der Waals surface area contributed by atoms with Gasteiger partial charge in [-0.3, -0.25) is 4.79 Å². The molecule has 7 heteroatoms. The second-order valence-electron chi connectivity index (χ2n) is 5.91. The van der Waals surface area contributed by atoms with Gasteiger partial charge in [0.1, 0.15) is 6.54 Å². The van der Waals surface area contributed by atoms with Crippen LogP contribution in [0.2, 0.25) is 0 Å². The minimum absolute atomic E-state index is 0.0207. The van der Waals surface area contributed by atoms with E-state index in [-0.39, 0.29) is 24.1 Å². The normalized spacial score (nSPS) is 14.3. The van der Waals surface area contributed by atoms with E-state index < -0.39 is 5.97 Å². The van der Waals surface area contributed by atoms with Crippen molar-refractivity contribution in [3.8, 4) is 0 Å². The Morgan fingerprint density at radius 1 is 1.43 bits per heavy atom. The van der Waals surface area contributed by atoms with Crippen molar-refractivity contribution in [2.45, 2.75) is 46.2 Å². The fourth-order valence-corrected chi connectivity index (χ4v) is 1.91. The first-order chi connectivity index (χ1) is 9.90. The number of hydrogen-bond donors (Lipinski definition) is 0. The molecule has 0 atom stereocenters. The Kier molecular flexibility index (Phi) is 4.59.